The highest BCUT2D eigenvalue weighted by atomic mass is 16.6. The summed E-state index contributed by atoms with van der Waals surface area (Å²) in [6.45, 7) is 2.49. The molecule has 1 aromatic rings. The number of benzene rings is 1. The molecule has 4 rings (SSSR count). The molecule has 0 spiro atoms. The van der Waals surface area contributed by atoms with Crippen molar-refractivity contribution in [3.05, 3.63) is 23.8 Å². The van der Waals surface area contributed by atoms with Crippen LogP contribution >= 0.6 is 0 Å². The first-order valence-electron chi connectivity index (χ1n) is 12.0. The lowest BCUT2D eigenvalue weighted by Gasteiger charge is -2.37. The fourth-order valence-corrected chi connectivity index (χ4v) is 5.11. The number of carbonyl (C=O) groups is 2. The Morgan fingerprint density at radius 3 is 2.75 bits per heavy atom. The van der Waals surface area contributed by atoms with Gasteiger partial charge in [0.1, 0.15) is 18.0 Å². The molecule has 0 unspecified atom stereocenters. The van der Waals surface area contributed by atoms with Gasteiger partial charge < -0.3 is 30.5 Å². The smallest absolute Gasteiger partial charge is 0.319 e. The van der Waals surface area contributed by atoms with Crippen molar-refractivity contribution in [1.29, 1.82) is 0 Å². The minimum atomic E-state index is -0.490. The Bertz CT molecular complexity index is 811. The topological polar surface area (TPSA) is 109 Å². The molecule has 8 heteroatoms. The number of rotatable bonds is 7. The second kappa shape index (κ2) is 10.5. The van der Waals surface area contributed by atoms with Crippen molar-refractivity contribution in [3.8, 4) is 5.75 Å². The zero-order valence-electron chi connectivity index (χ0n) is 18.8. The molecule has 1 aromatic carbocycles. The molecule has 2 fully saturated rings. The van der Waals surface area contributed by atoms with Gasteiger partial charge in [0, 0.05) is 29.8 Å². The van der Waals surface area contributed by atoms with E-state index < -0.39 is 6.10 Å². The van der Waals surface area contributed by atoms with Gasteiger partial charge in [-0.15, -0.1) is 0 Å². The van der Waals surface area contributed by atoms with Crippen molar-refractivity contribution in [3.63, 3.8) is 0 Å². The number of anilines is 1. The summed E-state index contributed by atoms with van der Waals surface area (Å²) in [5, 5.41) is 18.8. The first kappa shape index (κ1) is 22.9. The van der Waals surface area contributed by atoms with Gasteiger partial charge in [0.15, 0.2) is 0 Å². The lowest BCUT2D eigenvalue weighted by atomic mass is 9.84. The molecule has 1 aliphatic carbocycles. The lowest BCUT2D eigenvalue weighted by Crippen LogP contribution is -2.47. The van der Waals surface area contributed by atoms with E-state index in [0.29, 0.717) is 18.7 Å². The maximum atomic E-state index is 12.5. The van der Waals surface area contributed by atoms with Crippen LogP contribution in [0, 0.1) is 0 Å². The van der Waals surface area contributed by atoms with E-state index in [1.807, 2.05) is 25.1 Å². The number of fused-ring (bicyclic) bond motifs is 3. The van der Waals surface area contributed by atoms with Crippen LogP contribution < -0.4 is 20.7 Å². The van der Waals surface area contributed by atoms with Crippen LogP contribution in [0.5, 0.6) is 5.75 Å². The number of amides is 3. The van der Waals surface area contributed by atoms with Gasteiger partial charge in [0.25, 0.3) is 0 Å². The molecular formula is C24H35N3O5. The van der Waals surface area contributed by atoms with Crippen molar-refractivity contribution in [2.45, 2.75) is 88.6 Å². The molecule has 0 bridgehead atoms. The highest BCUT2D eigenvalue weighted by molar-refractivity contribution is 5.89. The first-order chi connectivity index (χ1) is 15.6. The summed E-state index contributed by atoms with van der Waals surface area (Å²) in [7, 11) is 0. The van der Waals surface area contributed by atoms with E-state index in [-0.39, 0.29) is 49.1 Å². The molecule has 1 saturated heterocycles. The van der Waals surface area contributed by atoms with Gasteiger partial charge in [-0.1, -0.05) is 26.2 Å². The summed E-state index contributed by atoms with van der Waals surface area (Å²) in [4.78, 5) is 24.7. The highest BCUT2D eigenvalue weighted by Gasteiger charge is 2.46. The Balaban J connectivity index is 1.42. The SMILES string of the molecule is CCCNC(=O)C[C@H]1C[C@@H]2c3cc(NC(=O)NC4CCCCC4)ccc3O[C@@H]2[C@@H](CO)O1. The van der Waals surface area contributed by atoms with Crippen molar-refractivity contribution in [2.24, 2.45) is 0 Å². The minimum absolute atomic E-state index is 0.00281. The molecule has 8 nitrogen and oxygen atoms in total. The summed E-state index contributed by atoms with van der Waals surface area (Å²) in [5.41, 5.74) is 1.71. The van der Waals surface area contributed by atoms with E-state index in [4.69, 9.17) is 9.47 Å². The van der Waals surface area contributed by atoms with Crippen LogP contribution in [0.15, 0.2) is 18.2 Å². The molecule has 0 radical (unpaired) electrons. The van der Waals surface area contributed by atoms with Crippen LogP contribution in [-0.2, 0) is 9.53 Å². The molecule has 1 saturated carbocycles. The van der Waals surface area contributed by atoms with Crippen LogP contribution in [0.25, 0.3) is 0 Å². The normalized spacial score (nSPS) is 27.1. The van der Waals surface area contributed by atoms with Crippen LogP contribution in [0.3, 0.4) is 0 Å². The number of aliphatic hydroxyl groups is 1. The third-order valence-corrected chi connectivity index (χ3v) is 6.68. The number of hydrogen-bond donors (Lipinski definition) is 4. The lowest BCUT2D eigenvalue weighted by molar-refractivity contribution is -0.142. The summed E-state index contributed by atoms with van der Waals surface area (Å²) in [6.07, 6.45) is 6.34. The molecule has 2 heterocycles. The van der Waals surface area contributed by atoms with Crippen molar-refractivity contribution in [1.82, 2.24) is 10.6 Å². The molecule has 176 valence electrons. The van der Waals surface area contributed by atoms with E-state index in [2.05, 4.69) is 16.0 Å². The Morgan fingerprint density at radius 1 is 1.19 bits per heavy atom. The van der Waals surface area contributed by atoms with Crippen LogP contribution in [0.1, 0.15) is 69.8 Å². The number of aliphatic hydroxyl groups excluding tert-OH is 1. The Labute approximate surface area is 189 Å². The minimum Gasteiger partial charge on any atom is -0.487 e. The van der Waals surface area contributed by atoms with Gasteiger partial charge in [0.2, 0.25) is 5.91 Å². The molecule has 0 aromatic heterocycles. The summed E-state index contributed by atoms with van der Waals surface area (Å²) in [6, 6.07) is 5.71. The average Bonchev–Trinajstić information content (AvgIpc) is 3.15. The molecule has 32 heavy (non-hydrogen) atoms. The summed E-state index contributed by atoms with van der Waals surface area (Å²) < 4.78 is 12.1. The van der Waals surface area contributed by atoms with Gasteiger partial charge in [-0.3, -0.25) is 4.79 Å². The standard InChI is InChI=1S/C24H35N3O5/c1-2-10-25-22(29)13-17-12-19-18-11-16(27-24(30)26-15-6-4-3-5-7-15)8-9-20(18)32-23(19)21(14-28)31-17/h8-9,11,15,17,19,21,23,28H,2-7,10,12-14H2,1H3,(H,25,29)(H2,26,27,30)/t17-,19-,21-,23+/m1/s1. The number of urea groups is 1. The highest BCUT2D eigenvalue weighted by Crippen LogP contribution is 2.47. The van der Waals surface area contributed by atoms with Crippen molar-refractivity contribution in [2.75, 3.05) is 18.5 Å². The van der Waals surface area contributed by atoms with Crippen molar-refractivity contribution >= 4 is 17.6 Å². The maximum absolute atomic E-state index is 12.5. The monoisotopic (exact) mass is 445 g/mol. The van der Waals surface area contributed by atoms with E-state index in [1.54, 1.807) is 0 Å². The third kappa shape index (κ3) is 5.35. The molecule has 3 aliphatic rings. The second-order valence-corrected chi connectivity index (χ2v) is 9.14. The van der Waals surface area contributed by atoms with Crippen LogP contribution in [-0.4, -0.2) is 54.6 Å². The molecule has 2 aliphatic heterocycles. The Morgan fingerprint density at radius 2 is 2.00 bits per heavy atom. The van der Waals surface area contributed by atoms with Gasteiger partial charge >= 0.3 is 6.03 Å². The van der Waals surface area contributed by atoms with Gasteiger partial charge in [0.05, 0.1) is 19.1 Å². The van der Waals surface area contributed by atoms with E-state index in [9.17, 15) is 14.7 Å². The van der Waals surface area contributed by atoms with Crippen molar-refractivity contribution < 1.29 is 24.2 Å². The average molecular weight is 446 g/mol. The quantitative estimate of drug-likeness (QED) is 0.516. The molecule has 4 atom stereocenters. The van der Waals surface area contributed by atoms with E-state index >= 15 is 0 Å². The fourth-order valence-electron chi connectivity index (χ4n) is 5.11. The fraction of sp³-hybridized carbons (Fsp3) is 0.667. The van der Waals surface area contributed by atoms with Crippen LogP contribution in [0.2, 0.25) is 0 Å². The predicted octanol–water partition coefficient (Wildman–Crippen LogP) is 3.05. The van der Waals surface area contributed by atoms with Gasteiger partial charge in [-0.2, -0.15) is 0 Å². The molecular weight excluding hydrogens is 410 g/mol. The zero-order chi connectivity index (χ0) is 22.5. The predicted molar refractivity (Wildman–Crippen MR) is 121 cm³/mol. The Hall–Kier alpha value is -2.32. The Kier molecular flexibility index (Phi) is 7.52. The van der Waals surface area contributed by atoms with Gasteiger partial charge in [-0.25, -0.2) is 4.79 Å². The van der Waals surface area contributed by atoms with Gasteiger partial charge in [-0.05, 0) is 43.9 Å². The van der Waals surface area contributed by atoms with Crippen LogP contribution in [0.4, 0.5) is 10.5 Å². The third-order valence-electron chi connectivity index (χ3n) is 6.68. The number of hydrogen-bond acceptors (Lipinski definition) is 5. The molecule has 4 N–H and O–H groups in total. The summed E-state index contributed by atoms with van der Waals surface area (Å²) in [5.74, 6) is 0.709. The first-order valence-corrected chi connectivity index (χ1v) is 12.0. The van der Waals surface area contributed by atoms with E-state index in [0.717, 1.165) is 43.4 Å². The number of ether oxygens (including phenoxy) is 2. The largest absolute Gasteiger partial charge is 0.487 e. The maximum Gasteiger partial charge on any atom is 0.319 e. The number of nitrogens with one attached hydrogen (secondary N) is 3. The molecule has 3 amide bonds. The summed E-state index contributed by atoms with van der Waals surface area (Å²) >= 11 is 0. The van der Waals surface area contributed by atoms with E-state index in [1.165, 1.54) is 6.42 Å². The number of carbonyl (C=O) groups excluding carboxylic acids is 2. The second-order valence-electron chi connectivity index (χ2n) is 9.14. The zero-order valence-corrected chi connectivity index (χ0v) is 18.8.